The number of nitrogens with one attached hydrogen (secondary N) is 1. The number of para-hydroxylation sites is 1. The highest BCUT2D eigenvalue weighted by Crippen LogP contribution is 2.34. The Labute approximate surface area is 160 Å². The fourth-order valence-corrected chi connectivity index (χ4v) is 3.29. The second-order valence-corrected chi connectivity index (χ2v) is 6.60. The Morgan fingerprint density at radius 1 is 1.22 bits per heavy atom. The van der Waals surface area contributed by atoms with Gasteiger partial charge in [-0.25, -0.2) is 20.2 Å². The van der Waals surface area contributed by atoms with Crippen molar-refractivity contribution in [3.8, 4) is 0 Å². The monoisotopic (exact) mass is 383 g/mol. The highest BCUT2D eigenvalue weighted by molar-refractivity contribution is 8.19. The summed E-state index contributed by atoms with van der Waals surface area (Å²) >= 11 is 1.06. The van der Waals surface area contributed by atoms with Gasteiger partial charge in [0.2, 0.25) is 5.95 Å². The number of hydrazone groups is 1. The number of benzene rings is 1. The van der Waals surface area contributed by atoms with Crippen molar-refractivity contribution in [2.24, 2.45) is 5.10 Å². The van der Waals surface area contributed by atoms with E-state index < -0.39 is 5.97 Å². The molecule has 1 saturated heterocycles. The van der Waals surface area contributed by atoms with E-state index in [2.05, 4.69) is 25.2 Å². The highest BCUT2D eigenvalue weighted by Gasteiger charge is 2.35. The minimum Gasteiger partial charge on any atom is -0.466 e. The Kier molecular flexibility index (Phi) is 5.51. The van der Waals surface area contributed by atoms with Crippen LogP contribution in [-0.4, -0.2) is 34.1 Å². The van der Waals surface area contributed by atoms with Gasteiger partial charge in [-0.05, 0) is 43.8 Å². The van der Waals surface area contributed by atoms with E-state index in [4.69, 9.17) is 0 Å². The van der Waals surface area contributed by atoms with Gasteiger partial charge in [-0.3, -0.25) is 9.69 Å². The molecule has 1 aliphatic rings. The lowest BCUT2D eigenvalue weighted by Gasteiger charge is -2.15. The molecule has 8 nitrogen and oxygen atoms in total. The summed E-state index contributed by atoms with van der Waals surface area (Å²) in [5.41, 5.74) is 5.01. The summed E-state index contributed by atoms with van der Waals surface area (Å²) in [6.07, 6.45) is 1.15. The first-order chi connectivity index (χ1) is 13.0. The van der Waals surface area contributed by atoms with Gasteiger partial charge in [-0.1, -0.05) is 18.2 Å². The van der Waals surface area contributed by atoms with E-state index >= 15 is 0 Å². The number of anilines is 2. The summed E-state index contributed by atoms with van der Waals surface area (Å²) in [7, 11) is 1.26. The second-order valence-electron chi connectivity index (χ2n) is 5.59. The van der Waals surface area contributed by atoms with Gasteiger partial charge in [0.1, 0.15) is 0 Å². The number of esters is 1. The summed E-state index contributed by atoms with van der Waals surface area (Å²) in [6.45, 7) is 3.71. The van der Waals surface area contributed by atoms with Crippen LogP contribution in [0.3, 0.4) is 0 Å². The molecule has 3 rings (SSSR count). The summed E-state index contributed by atoms with van der Waals surface area (Å²) < 4.78 is 4.62. The number of hydrogen-bond acceptors (Lipinski definition) is 8. The molecule has 0 aliphatic carbocycles. The lowest BCUT2D eigenvalue weighted by atomic mass is 10.3. The molecule has 0 atom stereocenters. The predicted molar refractivity (Wildman–Crippen MR) is 104 cm³/mol. The number of carbonyl (C=O) groups excluding carboxylic acids is 2. The number of carbonyl (C=O) groups is 2. The topological polar surface area (TPSA) is 96.8 Å². The molecule has 0 radical (unpaired) electrons. The number of amidine groups is 1. The maximum Gasteiger partial charge on any atom is 0.331 e. The van der Waals surface area contributed by atoms with Gasteiger partial charge in [-0.15, -0.1) is 5.10 Å². The molecule has 1 amide bonds. The molecule has 0 bridgehead atoms. The van der Waals surface area contributed by atoms with Crippen LogP contribution in [0.25, 0.3) is 0 Å². The van der Waals surface area contributed by atoms with Gasteiger partial charge in [0.05, 0.1) is 17.7 Å². The first-order valence-electron chi connectivity index (χ1n) is 8.01. The molecular formula is C18H17N5O3S. The smallest absolute Gasteiger partial charge is 0.331 e. The molecule has 0 spiro atoms. The first-order valence-corrected chi connectivity index (χ1v) is 8.82. The van der Waals surface area contributed by atoms with Crippen molar-refractivity contribution < 1.29 is 14.3 Å². The fraction of sp³-hybridized carbons (Fsp3) is 0.167. The molecule has 2 aromatic rings. The standard InChI is InChI=1S/C18H17N5O3S/c1-11-9-12(2)20-17(19-11)21-22-18-23(13-7-5-4-6-8-13)16(25)14(27-18)10-15(24)26-3/h4-10H,1-3H3,(H,19,20,21)/b14-10-,22-18-. The van der Waals surface area contributed by atoms with E-state index in [-0.39, 0.29) is 10.8 Å². The number of nitrogens with zero attached hydrogens (tertiary/aromatic N) is 4. The number of aryl methyl sites for hydroxylation is 2. The summed E-state index contributed by atoms with van der Waals surface area (Å²) in [5, 5.41) is 4.64. The molecule has 1 aromatic heterocycles. The quantitative estimate of drug-likeness (QED) is 0.492. The molecule has 27 heavy (non-hydrogen) atoms. The van der Waals surface area contributed by atoms with Gasteiger partial charge in [0.15, 0.2) is 5.17 Å². The molecule has 1 aromatic carbocycles. The van der Waals surface area contributed by atoms with Gasteiger partial charge in [0, 0.05) is 17.5 Å². The number of ether oxygens (including phenoxy) is 1. The SMILES string of the molecule is COC(=O)/C=C1\S/C(=N\Nc2nc(C)cc(C)n2)N(c2ccccc2)C1=O. The van der Waals surface area contributed by atoms with Crippen molar-refractivity contribution >= 4 is 40.4 Å². The van der Waals surface area contributed by atoms with E-state index in [0.29, 0.717) is 16.8 Å². The Bertz CT molecular complexity index is 923. The molecule has 9 heteroatoms. The van der Waals surface area contributed by atoms with Crippen molar-refractivity contribution in [3.63, 3.8) is 0 Å². The molecule has 138 valence electrons. The molecule has 2 heterocycles. The number of thioether (sulfide) groups is 1. The van der Waals surface area contributed by atoms with Crippen LogP contribution in [0.1, 0.15) is 11.4 Å². The van der Waals surface area contributed by atoms with Crippen LogP contribution >= 0.6 is 11.8 Å². The van der Waals surface area contributed by atoms with E-state index in [9.17, 15) is 9.59 Å². The van der Waals surface area contributed by atoms with Crippen molar-refractivity contribution in [1.82, 2.24) is 9.97 Å². The van der Waals surface area contributed by atoms with Crippen LogP contribution < -0.4 is 10.3 Å². The third-order valence-corrected chi connectivity index (χ3v) is 4.47. The van der Waals surface area contributed by atoms with Crippen LogP contribution in [0.4, 0.5) is 11.6 Å². The van der Waals surface area contributed by atoms with E-state index in [1.807, 2.05) is 38.1 Å². The van der Waals surface area contributed by atoms with Crippen molar-refractivity contribution in [1.29, 1.82) is 0 Å². The summed E-state index contributed by atoms with van der Waals surface area (Å²) in [6, 6.07) is 10.9. The van der Waals surface area contributed by atoms with E-state index in [1.165, 1.54) is 12.0 Å². The molecule has 0 unspecified atom stereocenters. The van der Waals surface area contributed by atoms with Crippen molar-refractivity contribution in [2.45, 2.75) is 13.8 Å². The zero-order valence-corrected chi connectivity index (χ0v) is 15.8. The fourth-order valence-electron chi connectivity index (χ4n) is 2.39. The molecule has 1 fully saturated rings. The average Bonchev–Trinajstić information content (AvgIpc) is 2.95. The average molecular weight is 383 g/mol. The largest absolute Gasteiger partial charge is 0.466 e. The Morgan fingerprint density at radius 2 is 1.89 bits per heavy atom. The van der Waals surface area contributed by atoms with Crippen LogP contribution in [0.5, 0.6) is 0 Å². The Morgan fingerprint density at radius 3 is 2.52 bits per heavy atom. The Hall–Kier alpha value is -3.20. The third kappa shape index (κ3) is 4.32. The van der Waals surface area contributed by atoms with Gasteiger partial charge >= 0.3 is 5.97 Å². The van der Waals surface area contributed by atoms with Crippen LogP contribution in [-0.2, 0) is 14.3 Å². The number of hydrogen-bond donors (Lipinski definition) is 1. The lowest BCUT2D eigenvalue weighted by Crippen LogP contribution is -2.29. The third-order valence-electron chi connectivity index (χ3n) is 3.50. The van der Waals surface area contributed by atoms with E-state index in [0.717, 1.165) is 29.2 Å². The maximum absolute atomic E-state index is 12.8. The zero-order valence-electron chi connectivity index (χ0n) is 15.0. The molecule has 0 saturated carbocycles. The second kappa shape index (κ2) is 8.00. The summed E-state index contributed by atoms with van der Waals surface area (Å²) in [4.78, 5) is 34.5. The predicted octanol–water partition coefficient (Wildman–Crippen LogP) is 2.61. The van der Waals surface area contributed by atoms with Gasteiger partial charge in [-0.2, -0.15) is 0 Å². The molecule has 1 N–H and O–H groups in total. The van der Waals surface area contributed by atoms with Crippen molar-refractivity contribution in [2.75, 3.05) is 17.4 Å². The minimum atomic E-state index is -0.606. The number of rotatable bonds is 4. The van der Waals surface area contributed by atoms with Gasteiger partial charge in [0.25, 0.3) is 5.91 Å². The number of aromatic nitrogens is 2. The van der Waals surface area contributed by atoms with Crippen molar-refractivity contribution in [3.05, 3.63) is 58.8 Å². The van der Waals surface area contributed by atoms with Crippen LogP contribution in [0.2, 0.25) is 0 Å². The molecular weight excluding hydrogens is 366 g/mol. The first kappa shape index (κ1) is 18.6. The zero-order chi connectivity index (χ0) is 19.4. The number of amides is 1. The van der Waals surface area contributed by atoms with Crippen LogP contribution in [0, 0.1) is 13.8 Å². The Balaban J connectivity index is 1.95. The molecule has 1 aliphatic heterocycles. The highest BCUT2D eigenvalue weighted by atomic mass is 32.2. The number of methoxy groups -OCH3 is 1. The summed E-state index contributed by atoms with van der Waals surface area (Å²) in [5.74, 6) is -0.643. The minimum absolute atomic E-state index is 0.215. The van der Waals surface area contributed by atoms with Gasteiger partial charge < -0.3 is 4.74 Å². The normalized spacial score (nSPS) is 16.9. The lowest BCUT2D eigenvalue weighted by molar-refractivity contribution is -0.135. The van der Waals surface area contributed by atoms with E-state index in [1.54, 1.807) is 12.1 Å². The van der Waals surface area contributed by atoms with Crippen LogP contribution in [0.15, 0.2) is 52.5 Å². The maximum atomic E-state index is 12.8.